The smallest absolute Gasteiger partial charge is 0.266 e. The zero-order valence-corrected chi connectivity index (χ0v) is 18.8. The van der Waals surface area contributed by atoms with E-state index in [1.165, 1.54) is 11.6 Å². The summed E-state index contributed by atoms with van der Waals surface area (Å²) in [4.78, 5) is 26.9. The van der Waals surface area contributed by atoms with E-state index in [2.05, 4.69) is 32.7 Å². The van der Waals surface area contributed by atoms with E-state index in [0.29, 0.717) is 23.5 Å². The van der Waals surface area contributed by atoms with Crippen LogP contribution in [-0.4, -0.2) is 36.8 Å². The Morgan fingerprint density at radius 3 is 2.63 bits per heavy atom. The predicted molar refractivity (Wildman–Crippen MR) is 114 cm³/mol. The topological polar surface area (TPSA) is 101 Å². The molecule has 0 aromatic carbocycles. The van der Waals surface area contributed by atoms with Crippen LogP contribution in [0, 0.1) is 22.2 Å². The van der Waals surface area contributed by atoms with Gasteiger partial charge in [-0.3, -0.25) is 14.1 Å². The molecule has 1 spiro atoms. The molecule has 4 rings (SSSR count). The number of rotatable bonds is 4. The Balaban J connectivity index is 1.80. The van der Waals surface area contributed by atoms with Crippen molar-refractivity contribution in [3.8, 4) is 0 Å². The van der Waals surface area contributed by atoms with Crippen LogP contribution in [0.2, 0.25) is 0 Å². The summed E-state index contributed by atoms with van der Waals surface area (Å²) >= 11 is 0. The van der Waals surface area contributed by atoms with Crippen molar-refractivity contribution >= 4 is 21.7 Å². The SMILES string of the molecule is C=C1CCCC23C4=C(CC2(C)C(C)CCC13C)C(=O)C=C(NCCS(=O)(=O)O)C4=O. The number of carbonyl (C=O) groups excluding carboxylic acids is 2. The highest BCUT2D eigenvalue weighted by Gasteiger charge is 2.71. The van der Waals surface area contributed by atoms with Crippen molar-refractivity contribution in [2.45, 2.75) is 59.3 Å². The molecule has 0 amide bonds. The van der Waals surface area contributed by atoms with Gasteiger partial charge in [-0.05, 0) is 55.3 Å². The van der Waals surface area contributed by atoms with Crippen LogP contribution in [0.25, 0.3) is 0 Å². The first kappa shape index (κ1) is 21.5. The van der Waals surface area contributed by atoms with Crippen molar-refractivity contribution in [3.63, 3.8) is 0 Å². The zero-order chi connectivity index (χ0) is 22.1. The summed E-state index contributed by atoms with van der Waals surface area (Å²) in [6, 6.07) is 0. The fourth-order valence-corrected chi connectivity index (χ4v) is 7.46. The maximum atomic E-state index is 13.7. The average molecular weight is 434 g/mol. The van der Waals surface area contributed by atoms with Gasteiger partial charge in [0, 0.05) is 29.2 Å². The highest BCUT2D eigenvalue weighted by Crippen LogP contribution is 2.76. The third-order valence-corrected chi connectivity index (χ3v) is 9.61. The molecule has 0 aromatic rings. The van der Waals surface area contributed by atoms with Crippen molar-refractivity contribution in [1.29, 1.82) is 0 Å². The van der Waals surface area contributed by atoms with E-state index >= 15 is 0 Å². The van der Waals surface area contributed by atoms with Crippen molar-refractivity contribution < 1.29 is 22.6 Å². The quantitative estimate of drug-likeness (QED) is 0.401. The van der Waals surface area contributed by atoms with E-state index in [0.717, 1.165) is 32.1 Å². The van der Waals surface area contributed by atoms with Crippen LogP contribution in [0.5, 0.6) is 0 Å². The maximum absolute atomic E-state index is 13.7. The fourth-order valence-electron chi connectivity index (χ4n) is 7.10. The molecule has 6 nitrogen and oxygen atoms in total. The van der Waals surface area contributed by atoms with Gasteiger partial charge >= 0.3 is 0 Å². The molecule has 0 radical (unpaired) electrons. The number of carbonyl (C=O) groups is 2. The predicted octanol–water partition coefficient (Wildman–Crippen LogP) is 3.37. The lowest BCUT2D eigenvalue weighted by atomic mass is 9.38. The molecule has 2 fully saturated rings. The van der Waals surface area contributed by atoms with E-state index in [-0.39, 0.29) is 34.6 Å². The molecule has 4 atom stereocenters. The minimum absolute atomic E-state index is 0.128. The summed E-state index contributed by atoms with van der Waals surface area (Å²) < 4.78 is 31.1. The second-order valence-corrected chi connectivity index (χ2v) is 11.6. The molecular formula is C23H31NO5S. The van der Waals surface area contributed by atoms with Crippen LogP contribution in [-0.2, 0) is 19.7 Å². The average Bonchev–Trinajstić information content (AvgIpc) is 2.93. The largest absolute Gasteiger partial charge is 0.381 e. The van der Waals surface area contributed by atoms with Gasteiger partial charge < -0.3 is 5.32 Å². The van der Waals surface area contributed by atoms with Gasteiger partial charge in [0.15, 0.2) is 5.78 Å². The monoisotopic (exact) mass is 433 g/mol. The lowest BCUT2D eigenvalue weighted by Crippen LogP contribution is -2.59. The maximum Gasteiger partial charge on any atom is 0.266 e. The Bertz CT molecular complexity index is 1020. The minimum Gasteiger partial charge on any atom is -0.381 e. The van der Waals surface area contributed by atoms with Crippen LogP contribution in [0.3, 0.4) is 0 Å². The molecule has 0 saturated heterocycles. The van der Waals surface area contributed by atoms with Crippen LogP contribution >= 0.6 is 0 Å². The molecule has 2 saturated carbocycles. The number of nitrogens with one attached hydrogen (secondary N) is 1. The summed E-state index contributed by atoms with van der Waals surface area (Å²) in [5.74, 6) is -0.501. The molecule has 2 N–H and O–H groups in total. The van der Waals surface area contributed by atoms with Crippen LogP contribution in [0.4, 0.5) is 0 Å². The van der Waals surface area contributed by atoms with Crippen molar-refractivity contribution in [1.82, 2.24) is 5.32 Å². The van der Waals surface area contributed by atoms with E-state index in [1.807, 2.05) is 0 Å². The second kappa shape index (κ2) is 6.63. The number of ketones is 2. The van der Waals surface area contributed by atoms with Crippen LogP contribution < -0.4 is 5.32 Å². The van der Waals surface area contributed by atoms with Gasteiger partial charge in [0.25, 0.3) is 10.1 Å². The Morgan fingerprint density at radius 2 is 1.97 bits per heavy atom. The summed E-state index contributed by atoms with van der Waals surface area (Å²) in [5.41, 5.74) is 1.72. The van der Waals surface area contributed by atoms with Gasteiger partial charge in [-0.2, -0.15) is 8.42 Å². The van der Waals surface area contributed by atoms with E-state index in [4.69, 9.17) is 4.55 Å². The van der Waals surface area contributed by atoms with E-state index in [1.54, 1.807) is 0 Å². The molecule has 30 heavy (non-hydrogen) atoms. The Hall–Kier alpha value is -1.73. The molecule has 4 aliphatic rings. The summed E-state index contributed by atoms with van der Waals surface area (Å²) in [6.45, 7) is 11.0. The highest BCUT2D eigenvalue weighted by molar-refractivity contribution is 7.85. The van der Waals surface area contributed by atoms with E-state index in [9.17, 15) is 18.0 Å². The Labute approximate surface area is 178 Å². The van der Waals surface area contributed by atoms with Crippen molar-refractivity contribution in [2.24, 2.45) is 22.2 Å². The van der Waals surface area contributed by atoms with Crippen LogP contribution in [0.1, 0.15) is 59.3 Å². The third-order valence-electron chi connectivity index (χ3n) is 8.89. The normalized spacial score (nSPS) is 38.7. The third kappa shape index (κ3) is 2.67. The lowest BCUT2D eigenvalue weighted by molar-refractivity contribution is -0.127. The molecule has 4 unspecified atom stereocenters. The molecular weight excluding hydrogens is 402 g/mol. The van der Waals surface area contributed by atoms with Gasteiger partial charge in [0.05, 0.1) is 11.4 Å². The van der Waals surface area contributed by atoms with Gasteiger partial charge in [-0.25, -0.2) is 0 Å². The summed E-state index contributed by atoms with van der Waals surface area (Å²) in [7, 11) is -4.16. The molecule has 0 heterocycles. The Kier molecular flexibility index (Phi) is 4.75. The van der Waals surface area contributed by atoms with Gasteiger partial charge in [0.1, 0.15) is 0 Å². The van der Waals surface area contributed by atoms with E-state index < -0.39 is 21.3 Å². The molecule has 7 heteroatoms. The number of hydrogen-bond acceptors (Lipinski definition) is 5. The first-order chi connectivity index (χ1) is 13.9. The summed E-state index contributed by atoms with van der Waals surface area (Å²) in [5, 5.41) is 2.80. The number of allylic oxidation sites excluding steroid dienone is 4. The first-order valence-electron chi connectivity index (χ1n) is 10.8. The van der Waals surface area contributed by atoms with Crippen LogP contribution in [0.15, 0.2) is 35.1 Å². The number of hydrogen-bond donors (Lipinski definition) is 2. The van der Waals surface area contributed by atoms with Crippen molar-refractivity contribution in [3.05, 3.63) is 35.1 Å². The fraction of sp³-hybridized carbons (Fsp3) is 0.652. The molecule has 0 aliphatic heterocycles. The highest BCUT2D eigenvalue weighted by atomic mass is 32.2. The molecule has 0 bridgehead atoms. The molecule has 164 valence electrons. The lowest BCUT2D eigenvalue weighted by Gasteiger charge is -2.65. The van der Waals surface area contributed by atoms with Gasteiger partial charge in [-0.15, -0.1) is 0 Å². The van der Waals surface area contributed by atoms with Crippen molar-refractivity contribution in [2.75, 3.05) is 12.3 Å². The zero-order valence-electron chi connectivity index (χ0n) is 18.0. The molecule has 0 aromatic heterocycles. The van der Waals surface area contributed by atoms with Gasteiger partial charge in [0.2, 0.25) is 5.78 Å². The second-order valence-electron chi connectivity index (χ2n) is 10.0. The summed E-state index contributed by atoms with van der Waals surface area (Å²) in [6.07, 6.45) is 6.67. The minimum atomic E-state index is -4.16. The standard InChI is InChI=1S/C23H31NO5S/c1-14-6-5-8-23-19-16(13-22(23,4)15(2)7-9-21(14,23)3)18(25)12-17(20(19)26)24-10-11-30(27,28)29/h12,15,24H,1,5-11,13H2,2-4H3,(H,27,28,29). The molecule has 4 aliphatic carbocycles. The number of Topliss-reactive ketones (excluding diaryl/α,β-unsaturated/α-hetero) is 1. The van der Waals surface area contributed by atoms with Gasteiger partial charge in [-0.1, -0.05) is 32.9 Å². The first-order valence-corrected chi connectivity index (χ1v) is 12.4. The Morgan fingerprint density at radius 1 is 1.27 bits per heavy atom.